The molecule has 0 spiro atoms. The average molecular weight is 224 g/mol. The Balaban J connectivity index is 1.91. The minimum Gasteiger partial charge on any atom is -0.313 e. The maximum Gasteiger partial charge on any atom is 0.0195 e. The largest absolute Gasteiger partial charge is 0.313 e. The van der Waals surface area contributed by atoms with Crippen molar-refractivity contribution in [3.8, 4) is 0 Å². The minimum absolute atomic E-state index is 0.702. The third-order valence-corrected chi connectivity index (χ3v) is 4.27. The predicted octanol–water partition coefficient (Wildman–Crippen LogP) is 2.64. The molecule has 1 saturated heterocycles. The molecule has 1 heterocycles. The van der Waals surface area contributed by atoms with Crippen LogP contribution in [0.4, 0.5) is 0 Å². The van der Waals surface area contributed by atoms with Gasteiger partial charge in [0.05, 0.1) is 0 Å². The fourth-order valence-corrected chi connectivity index (χ4v) is 3.22. The lowest BCUT2D eigenvalue weighted by atomic mass is 10.0. The molecule has 0 amide bonds. The lowest BCUT2D eigenvalue weighted by Crippen LogP contribution is -2.47. The molecule has 1 saturated carbocycles. The minimum atomic E-state index is 0.702. The summed E-state index contributed by atoms with van der Waals surface area (Å²) in [6.07, 6.45) is 7.02. The van der Waals surface area contributed by atoms with Crippen molar-refractivity contribution in [1.29, 1.82) is 0 Å². The Hall–Kier alpha value is -0.0800. The molecule has 1 aliphatic carbocycles. The highest BCUT2D eigenvalue weighted by Crippen LogP contribution is 2.37. The first-order valence-corrected chi connectivity index (χ1v) is 7.21. The van der Waals surface area contributed by atoms with Gasteiger partial charge >= 0.3 is 0 Å². The summed E-state index contributed by atoms with van der Waals surface area (Å²) >= 11 is 0. The monoisotopic (exact) mass is 224 g/mol. The molecule has 0 aromatic heterocycles. The van der Waals surface area contributed by atoms with Gasteiger partial charge in [0, 0.05) is 24.7 Å². The van der Waals surface area contributed by atoms with Crippen LogP contribution in [-0.4, -0.2) is 36.1 Å². The Labute approximate surface area is 101 Å². The highest BCUT2D eigenvalue weighted by atomic mass is 15.2. The summed E-state index contributed by atoms with van der Waals surface area (Å²) in [6.45, 7) is 9.59. The molecule has 2 atom stereocenters. The summed E-state index contributed by atoms with van der Waals surface area (Å²) in [7, 11) is 0. The molecule has 0 aromatic carbocycles. The summed E-state index contributed by atoms with van der Waals surface area (Å²) in [5.41, 5.74) is 0. The first-order chi connectivity index (χ1) is 7.72. The second-order valence-electron chi connectivity index (χ2n) is 5.90. The van der Waals surface area contributed by atoms with Crippen LogP contribution in [-0.2, 0) is 0 Å². The Morgan fingerprint density at radius 2 is 2.00 bits per heavy atom. The van der Waals surface area contributed by atoms with E-state index >= 15 is 0 Å². The van der Waals surface area contributed by atoms with Crippen LogP contribution in [0.15, 0.2) is 0 Å². The second-order valence-corrected chi connectivity index (χ2v) is 5.90. The highest BCUT2D eigenvalue weighted by molar-refractivity contribution is 4.91. The average Bonchev–Trinajstić information content (AvgIpc) is 2.95. The van der Waals surface area contributed by atoms with Gasteiger partial charge in [-0.25, -0.2) is 0 Å². The summed E-state index contributed by atoms with van der Waals surface area (Å²) in [6, 6.07) is 2.31. The van der Waals surface area contributed by atoms with Crippen LogP contribution in [0.25, 0.3) is 0 Å². The Morgan fingerprint density at radius 1 is 1.25 bits per heavy atom. The Bertz CT molecular complexity index is 205. The second kappa shape index (κ2) is 5.50. The van der Waals surface area contributed by atoms with Crippen molar-refractivity contribution in [2.75, 3.05) is 13.1 Å². The van der Waals surface area contributed by atoms with E-state index < -0.39 is 0 Å². The topological polar surface area (TPSA) is 15.3 Å². The van der Waals surface area contributed by atoms with Crippen molar-refractivity contribution in [3.63, 3.8) is 0 Å². The van der Waals surface area contributed by atoms with Gasteiger partial charge in [-0.1, -0.05) is 6.92 Å². The standard InChI is InChI=1S/C14H28N2/c1-4-14(12-7-8-12)16(11(2)3)10-13-6-5-9-15-13/h11-15H,4-10H2,1-3H3. The summed E-state index contributed by atoms with van der Waals surface area (Å²) in [5.74, 6) is 1.01. The maximum absolute atomic E-state index is 3.64. The van der Waals surface area contributed by atoms with E-state index in [1.54, 1.807) is 0 Å². The summed E-state index contributed by atoms with van der Waals surface area (Å²) in [5, 5.41) is 3.64. The highest BCUT2D eigenvalue weighted by Gasteiger charge is 2.35. The predicted molar refractivity (Wildman–Crippen MR) is 69.7 cm³/mol. The zero-order chi connectivity index (χ0) is 11.5. The van der Waals surface area contributed by atoms with Crippen molar-refractivity contribution >= 4 is 0 Å². The molecule has 2 rings (SSSR count). The number of hydrogen-bond acceptors (Lipinski definition) is 2. The fourth-order valence-electron chi connectivity index (χ4n) is 3.22. The SMILES string of the molecule is CCC(C1CC1)N(CC1CCCN1)C(C)C. The molecule has 16 heavy (non-hydrogen) atoms. The van der Waals surface area contributed by atoms with Crippen LogP contribution in [0.2, 0.25) is 0 Å². The zero-order valence-electron chi connectivity index (χ0n) is 11.2. The van der Waals surface area contributed by atoms with Gasteiger partial charge < -0.3 is 5.32 Å². The van der Waals surface area contributed by atoms with Gasteiger partial charge in [0.15, 0.2) is 0 Å². The first-order valence-electron chi connectivity index (χ1n) is 7.21. The number of nitrogens with one attached hydrogen (secondary N) is 1. The molecule has 2 aliphatic rings. The lowest BCUT2D eigenvalue weighted by molar-refractivity contribution is 0.120. The molecular formula is C14H28N2. The van der Waals surface area contributed by atoms with E-state index in [4.69, 9.17) is 0 Å². The quantitative estimate of drug-likeness (QED) is 0.746. The molecule has 2 unspecified atom stereocenters. The Morgan fingerprint density at radius 3 is 2.44 bits per heavy atom. The van der Waals surface area contributed by atoms with E-state index in [1.165, 1.54) is 45.2 Å². The molecule has 0 bridgehead atoms. The van der Waals surface area contributed by atoms with Crippen molar-refractivity contribution in [2.24, 2.45) is 5.92 Å². The van der Waals surface area contributed by atoms with Crippen molar-refractivity contribution in [2.45, 2.75) is 71.0 Å². The van der Waals surface area contributed by atoms with E-state index in [0.717, 1.165) is 18.0 Å². The van der Waals surface area contributed by atoms with Crippen LogP contribution in [0.1, 0.15) is 52.9 Å². The van der Waals surface area contributed by atoms with E-state index in [2.05, 4.69) is 31.0 Å². The van der Waals surface area contributed by atoms with E-state index in [1.807, 2.05) is 0 Å². The Kier molecular flexibility index (Phi) is 4.26. The molecule has 2 fully saturated rings. The van der Waals surface area contributed by atoms with E-state index in [9.17, 15) is 0 Å². The molecule has 2 heteroatoms. The van der Waals surface area contributed by atoms with Gasteiger partial charge in [-0.05, 0) is 58.4 Å². The third-order valence-electron chi connectivity index (χ3n) is 4.27. The molecule has 1 aliphatic heterocycles. The third kappa shape index (κ3) is 2.98. The number of hydrogen-bond donors (Lipinski definition) is 1. The molecule has 0 aromatic rings. The van der Waals surface area contributed by atoms with Gasteiger partial charge in [-0.2, -0.15) is 0 Å². The fraction of sp³-hybridized carbons (Fsp3) is 1.00. The van der Waals surface area contributed by atoms with Crippen molar-refractivity contribution < 1.29 is 0 Å². The molecule has 0 radical (unpaired) electrons. The van der Waals surface area contributed by atoms with Crippen LogP contribution >= 0.6 is 0 Å². The van der Waals surface area contributed by atoms with Crippen LogP contribution in [0.5, 0.6) is 0 Å². The van der Waals surface area contributed by atoms with Gasteiger partial charge in [0.1, 0.15) is 0 Å². The van der Waals surface area contributed by atoms with Gasteiger partial charge in [-0.15, -0.1) is 0 Å². The summed E-state index contributed by atoms with van der Waals surface area (Å²) < 4.78 is 0. The first kappa shape index (κ1) is 12.4. The van der Waals surface area contributed by atoms with Crippen LogP contribution in [0.3, 0.4) is 0 Å². The van der Waals surface area contributed by atoms with Crippen molar-refractivity contribution in [3.05, 3.63) is 0 Å². The zero-order valence-corrected chi connectivity index (χ0v) is 11.2. The number of nitrogens with zero attached hydrogens (tertiary/aromatic N) is 1. The van der Waals surface area contributed by atoms with Crippen LogP contribution in [0, 0.1) is 5.92 Å². The van der Waals surface area contributed by atoms with Gasteiger partial charge in [-0.3, -0.25) is 4.90 Å². The van der Waals surface area contributed by atoms with Gasteiger partial charge in [0.25, 0.3) is 0 Å². The molecular weight excluding hydrogens is 196 g/mol. The van der Waals surface area contributed by atoms with E-state index in [0.29, 0.717) is 6.04 Å². The smallest absolute Gasteiger partial charge is 0.0195 e. The molecule has 94 valence electrons. The summed E-state index contributed by atoms with van der Waals surface area (Å²) in [4.78, 5) is 2.76. The molecule has 2 nitrogen and oxygen atoms in total. The van der Waals surface area contributed by atoms with Gasteiger partial charge in [0.2, 0.25) is 0 Å². The van der Waals surface area contributed by atoms with Crippen molar-refractivity contribution in [1.82, 2.24) is 10.2 Å². The van der Waals surface area contributed by atoms with E-state index in [-0.39, 0.29) is 0 Å². The number of rotatable bonds is 6. The maximum atomic E-state index is 3.64. The normalized spacial score (nSPS) is 27.9. The van der Waals surface area contributed by atoms with Crippen LogP contribution < -0.4 is 5.32 Å². The molecule has 1 N–H and O–H groups in total. The lowest BCUT2D eigenvalue weighted by Gasteiger charge is -2.36.